The average molecular weight is 350 g/mol. The van der Waals surface area contributed by atoms with Crippen molar-refractivity contribution in [2.45, 2.75) is 38.9 Å². The van der Waals surface area contributed by atoms with E-state index in [0.717, 1.165) is 15.8 Å². The van der Waals surface area contributed by atoms with Crippen molar-refractivity contribution in [3.63, 3.8) is 0 Å². The number of alkyl halides is 3. The highest BCUT2D eigenvalue weighted by molar-refractivity contribution is 5.84. The molecule has 1 atom stereocenters. The normalized spacial score (nSPS) is 17.3. The van der Waals surface area contributed by atoms with Crippen molar-refractivity contribution >= 4 is 16.7 Å². The summed E-state index contributed by atoms with van der Waals surface area (Å²) in [4.78, 5) is 11.5. The van der Waals surface area contributed by atoms with Gasteiger partial charge in [0.15, 0.2) is 0 Å². The molecule has 0 radical (unpaired) electrons. The largest absolute Gasteiger partial charge is 0.409 e. The van der Waals surface area contributed by atoms with Gasteiger partial charge < -0.3 is 0 Å². The minimum atomic E-state index is -4.48. The summed E-state index contributed by atoms with van der Waals surface area (Å²) in [6.45, 7) is 4.02. The second-order valence-electron chi connectivity index (χ2n) is 6.92. The van der Waals surface area contributed by atoms with Crippen LogP contribution in [-0.2, 0) is 11.2 Å². The average Bonchev–Trinajstić information content (AvgIpc) is 2.92. The zero-order chi connectivity index (χ0) is 18.2. The van der Waals surface area contributed by atoms with Crippen molar-refractivity contribution in [3.05, 3.63) is 47.5 Å². The zero-order valence-electron chi connectivity index (χ0n) is 14.2. The van der Waals surface area contributed by atoms with Crippen LogP contribution in [0.4, 0.5) is 13.2 Å². The second-order valence-corrected chi connectivity index (χ2v) is 6.92. The van der Waals surface area contributed by atoms with E-state index in [1.807, 2.05) is 44.2 Å². The third kappa shape index (κ3) is 3.79. The molecule has 0 saturated carbocycles. The Labute approximate surface area is 144 Å². The van der Waals surface area contributed by atoms with Gasteiger partial charge in [0, 0.05) is 13.0 Å². The van der Waals surface area contributed by atoms with Gasteiger partial charge >= 0.3 is 6.18 Å². The molecule has 1 heterocycles. The Bertz CT molecular complexity index is 786. The second kappa shape index (κ2) is 6.67. The topological polar surface area (TPSA) is 32.3 Å². The first-order valence-corrected chi connectivity index (χ1v) is 8.40. The van der Waals surface area contributed by atoms with E-state index in [1.54, 1.807) is 6.07 Å². The van der Waals surface area contributed by atoms with E-state index < -0.39 is 12.2 Å². The van der Waals surface area contributed by atoms with Gasteiger partial charge in [-0.3, -0.25) is 10.2 Å². The molecule has 6 heteroatoms. The summed E-state index contributed by atoms with van der Waals surface area (Å²) in [5.41, 5.74) is 3.26. The van der Waals surface area contributed by atoms with Crippen LogP contribution in [0.15, 0.2) is 36.4 Å². The molecule has 1 aliphatic heterocycles. The highest BCUT2D eigenvalue weighted by Gasteiger charge is 2.47. The molecule has 1 fully saturated rings. The fraction of sp³-hybridized carbons (Fsp3) is 0.421. The summed E-state index contributed by atoms with van der Waals surface area (Å²) in [6, 6.07) is 9.04. The number of amides is 1. The fourth-order valence-electron chi connectivity index (χ4n) is 3.38. The molecule has 0 spiro atoms. The Balaban J connectivity index is 2.15. The van der Waals surface area contributed by atoms with Gasteiger partial charge in [-0.25, -0.2) is 5.01 Å². The summed E-state index contributed by atoms with van der Waals surface area (Å²) in [7, 11) is 0. The number of fused-ring (bicyclic) bond motifs is 1. The molecule has 2 aromatic rings. The molecule has 2 aromatic carbocycles. The number of nitrogens with zero attached hydrogens (tertiary/aromatic N) is 1. The summed E-state index contributed by atoms with van der Waals surface area (Å²) in [6.07, 6.45) is -3.85. The molecule has 0 unspecified atom stereocenters. The summed E-state index contributed by atoms with van der Waals surface area (Å²) in [5, 5.41) is 2.72. The predicted octanol–water partition coefficient (Wildman–Crippen LogP) is 4.38. The molecule has 1 amide bonds. The molecule has 1 saturated heterocycles. The third-order valence-electron chi connectivity index (χ3n) is 4.40. The van der Waals surface area contributed by atoms with Crippen LogP contribution in [0.1, 0.15) is 37.4 Å². The van der Waals surface area contributed by atoms with Crippen LogP contribution >= 0.6 is 0 Å². The molecule has 1 aliphatic rings. The Morgan fingerprint density at radius 2 is 1.80 bits per heavy atom. The van der Waals surface area contributed by atoms with Gasteiger partial charge in [0.25, 0.3) is 0 Å². The number of hydrogen-bond donors (Lipinski definition) is 1. The van der Waals surface area contributed by atoms with E-state index in [2.05, 4.69) is 5.43 Å². The van der Waals surface area contributed by atoms with Crippen LogP contribution in [0.5, 0.6) is 0 Å². The van der Waals surface area contributed by atoms with Gasteiger partial charge in [-0.05, 0) is 40.3 Å². The van der Waals surface area contributed by atoms with Crippen molar-refractivity contribution in [1.82, 2.24) is 10.4 Å². The van der Waals surface area contributed by atoms with E-state index in [9.17, 15) is 18.0 Å². The standard InChI is InChI=1S/C19H21F3N2O/c1-12(2)9-15-10-13-5-3-4-6-14(13)11-16(15)18(19(20,21)22)24-8-7-17(25)23-24/h3-6,10-12,18H,7-9H2,1-2H3,(H,23,25)/t18-/m0/s1. The number of hydrogen-bond acceptors (Lipinski definition) is 2. The Kier molecular flexibility index (Phi) is 4.73. The number of carbonyl (C=O) groups excluding carboxylic acids is 1. The van der Waals surface area contributed by atoms with E-state index >= 15 is 0 Å². The quantitative estimate of drug-likeness (QED) is 0.888. The van der Waals surface area contributed by atoms with Crippen LogP contribution in [0.2, 0.25) is 0 Å². The summed E-state index contributed by atoms with van der Waals surface area (Å²) in [5.74, 6) is -0.151. The highest BCUT2D eigenvalue weighted by Crippen LogP contribution is 2.41. The first-order chi connectivity index (χ1) is 11.8. The van der Waals surface area contributed by atoms with Gasteiger partial charge in [-0.2, -0.15) is 13.2 Å². The lowest BCUT2D eigenvalue weighted by molar-refractivity contribution is -0.191. The van der Waals surface area contributed by atoms with E-state index in [4.69, 9.17) is 0 Å². The van der Waals surface area contributed by atoms with Gasteiger partial charge in [-0.15, -0.1) is 0 Å². The Morgan fingerprint density at radius 1 is 1.16 bits per heavy atom. The predicted molar refractivity (Wildman–Crippen MR) is 90.8 cm³/mol. The molecule has 134 valence electrons. The summed E-state index contributed by atoms with van der Waals surface area (Å²) < 4.78 is 41.7. The van der Waals surface area contributed by atoms with Crippen LogP contribution in [-0.4, -0.2) is 23.6 Å². The summed E-state index contributed by atoms with van der Waals surface area (Å²) >= 11 is 0. The minimum Gasteiger partial charge on any atom is -0.288 e. The molecular formula is C19H21F3N2O. The highest BCUT2D eigenvalue weighted by atomic mass is 19.4. The molecule has 0 aliphatic carbocycles. The van der Waals surface area contributed by atoms with E-state index in [1.165, 1.54) is 0 Å². The van der Waals surface area contributed by atoms with Crippen LogP contribution in [0.3, 0.4) is 0 Å². The molecular weight excluding hydrogens is 329 g/mol. The van der Waals surface area contributed by atoms with Crippen LogP contribution in [0, 0.1) is 5.92 Å². The Hall–Kier alpha value is -2.08. The number of hydrazine groups is 1. The maximum absolute atomic E-state index is 13.9. The number of nitrogens with one attached hydrogen (secondary N) is 1. The Morgan fingerprint density at radius 3 is 2.32 bits per heavy atom. The van der Waals surface area contributed by atoms with Crippen molar-refractivity contribution in [2.75, 3.05) is 6.54 Å². The lowest BCUT2D eigenvalue weighted by atomic mass is 9.90. The van der Waals surface area contributed by atoms with Crippen molar-refractivity contribution in [3.8, 4) is 0 Å². The molecule has 1 N–H and O–H groups in total. The molecule has 3 nitrogen and oxygen atoms in total. The molecule has 0 bridgehead atoms. The first kappa shape index (κ1) is 17.7. The van der Waals surface area contributed by atoms with Gasteiger partial charge in [0.1, 0.15) is 6.04 Å². The van der Waals surface area contributed by atoms with E-state index in [-0.39, 0.29) is 30.4 Å². The van der Waals surface area contributed by atoms with Gasteiger partial charge in [0.05, 0.1) is 0 Å². The van der Waals surface area contributed by atoms with Crippen molar-refractivity contribution in [1.29, 1.82) is 0 Å². The van der Waals surface area contributed by atoms with Crippen LogP contribution < -0.4 is 5.43 Å². The van der Waals surface area contributed by atoms with Crippen LogP contribution in [0.25, 0.3) is 10.8 Å². The van der Waals surface area contributed by atoms with Crippen molar-refractivity contribution < 1.29 is 18.0 Å². The fourth-order valence-corrected chi connectivity index (χ4v) is 3.38. The van der Waals surface area contributed by atoms with Gasteiger partial charge in [0.2, 0.25) is 5.91 Å². The lowest BCUT2D eigenvalue weighted by Gasteiger charge is -2.31. The number of halogens is 3. The maximum Gasteiger partial charge on any atom is 0.409 e. The third-order valence-corrected chi connectivity index (χ3v) is 4.40. The smallest absolute Gasteiger partial charge is 0.288 e. The number of rotatable bonds is 4. The SMILES string of the molecule is CC(C)Cc1cc2ccccc2cc1[C@H](N1CCC(=O)N1)C(F)(F)F. The monoisotopic (exact) mass is 350 g/mol. The zero-order valence-corrected chi connectivity index (χ0v) is 14.2. The van der Waals surface area contributed by atoms with Gasteiger partial charge in [-0.1, -0.05) is 44.2 Å². The maximum atomic E-state index is 13.9. The first-order valence-electron chi connectivity index (χ1n) is 8.40. The minimum absolute atomic E-state index is 0.0525. The van der Waals surface area contributed by atoms with E-state index in [0.29, 0.717) is 12.0 Å². The number of carbonyl (C=O) groups is 1. The molecule has 3 rings (SSSR count). The van der Waals surface area contributed by atoms with Crippen molar-refractivity contribution in [2.24, 2.45) is 5.92 Å². The molecule has 25 heavy (non-hydrogen) atoms. The number of benzene rings is 2. The lowest BCUT2D eigenvalue weighted by Crippen LogP contribution is -2.44. The molecule has 0 aromatic heterocycles.